The van der Waals surface area contributed by atoms with Crippen LogP contribution in [0.1, 0.15) is 43.7 Å². The molecule has 0 spiro atoms. The molecule has 0 aromatic heterocycles. The number of aryl methyl sites for hydroxylation is 1. The zero-order valence-electron chi connectivity index (χ0n) is 10.6. The normalized spacial score (nSPS) is 19.1. The van der Waals surface area contributed by atoms with E-state index in [2.05, 4.69) is 43.0 Å². The fourth-order valence-corrected chi connectivity index (χ4v) is 2.82. The van der Waals surface area contributed by atoms with Gasteiger partial charge in [-0.05, 0) is 55.9 Å². The average molecular weight is 217 g/mol. The first-order chi connectivity index (χ1) is 7.85. The summed E-state index contributed by atoms with van der Waals surface area (Å²) in [6, 6.07) is 8.99. The average Bonchev–Trinajstić information content (AvgIpc) is 2.74. The molecule has 0 amide bonds. The molecule has 2 rings (SSSR count). The van der Waals surface area contributed by atoms with Gasteiger partial charge in [0, 0.05) is 0 Å². The molecule has 1 nitrogen and oxygen atoms in total. The van der Waals surface area contributed by atoms with E-state index in [1.807, 2.05) is 0 Å². The van der Waals surface area contributed by atoms with Crippen LogP contribution in [0.25, 0.3) is 0 Å². The summed E-state index contributed by atoms with van der Waals surface area (Å²) in [4.78, 5) is 2.53. The molecule has 0 saturated heterocycles. The highest BCUT2D eigenvalue weighted by molar-refractivity contribution is 5.34. The molecule has 88 valence electrons. The summed E-state index contributed by atoms with van der Waals surface area (Å²) < 4.78 is 0. The molecule has 0 bridgehead atoms. The molecule has 0 unspecified atom stereocenters. The summed E-state index contributed by atoms with van der Waals surface area (Å²) in [6.07, 6.45) is 3.98. The standard InChI is InChI=1S/C15H23N/c1-3-16(4-2)12-11-14-10-9-13-7-5-6-8-15(13)14/h5-8,14H,3-4,9-12H2,1-2H3/t14-/m0/s1. The molecule has 1 aliphatic carbocycles. The van der Waals surface area contributed by atoms with Crippen LogP contribution in [0.2, 0.25) is 0 Å². The summed E-state index contributed by atoms with van der Waals surface area (Å²) in [5, 5.41) is 0. The van der Waals surface area contributed by atoms with Crippen LogP contribution < -0.4 is 0 Å². The highest BCUT2D eigenvalue weighted by atomic mass is 15.1. The van der Waals surface area contributed by atoms with Gasteiger partial charge in [0.2, 0.25) is 0 Å². The highest BCUT2D eigenvalue weighted by Crippen LogP contribution is 2.35. The lowest BCUT2D eigenvalue weighted by molar-refractivity contribution is 0.290. The molecule has 1 heteroatoms. The van der Waals surface area contributed by atoms with E-state index >= 15 is 0 Å². The molecule has 0 fully saturated rings. The molecule has 1 aromatic rings. The van der Waals surface area contributed by atoms with Gasteiger partial charge in [-0.25, -0.2) is 0 Å². The van der Waals surface area contributed by atoms with Gasteiger partial charge in [0.15, 0.2) is 0 Å². The summed E-state index contributed by atoms with van der Waals surface area (Å²) in [7, 11) is 0. The van der Waals surface area contributed by atoms with E-state index in [0.717, 1.165) is 5.92 Å². The third kappa shape index (κ3) is 2.46. The van der Waals surface area contributed by atoms with Crippen molar-refractivity contribution in [3.8, 4) is 0 Å². The van der Waals surface area contributed by atoms with Crippen molar-refractivity contribution in [2.75, 3.05) is 19.6 Å². The first-order valence-electron chi connectivity index (χ1n) is 6.65. The number of rotatable bonds is 5. The lowest BCUT2D eigenvalue weighted by Gasteiger charge is -2.20. The van der Waals surface area contributed by atoms with Crippen LogP contribution >= 0.6 is 0 Å². The Balaban J connectivity index is 1.93. The maximum Gasteiger partial charge on any atom is -0.00131 e. The van der Waals surface area contributed by atoms with Gasteiger partial charge < -0.3 is 4.90 Å². The third-order valence-electron chi connectivity index (χ3n) is 3.95. The number of benzene rings is 1. The zero-order chi connectivity index (χ0) is 11.4. The van der Waals surface area contributed by atoms with Crippen LogP contribution in [-0.2, 0) is 6.42 Å². The SMILES string of the molecule is CCN(CC)CC[C@@H]1CCc2ccccc21. The van der Waals surface area contributed by atoms with Crippen molar-refractivity contribution in [3.05, 3.63) is 35.4 Å². The smallest absolute Gasteiger partial charge is 0.00131 e. The fraction of sp³-hybridized carbons (Fsp3) is 0.600. The van der Waals surface area contributed by atoms with Crippen molar-refractivity contribution < 1.29 is 0 Å². The van der Waals surface area contributed by atoms with Gasteiger partial charge in [-0.2, -0.15) is 0 Å². The lowest BCUT2D eigenvalue weighted by atomic mass is 9.98. The first kappa shape index (κ1) is 11.7. The minimum atomic E-state index is 0.816. The van der Waals surface area contributed by atoms with Crippen molar-refractivity contribution in [1.29, 1.82) is 0 Å². The van der Waals surface area contributed by atoms with Gasteiger partial charge in [-0.1, -0.05) is 38.1 Å². The maximum atomic E-state index is 2.53. The van der Waals surface area contributed by atoms with Crippen molar-refractivity contribution >= 4 is 0 Å². The molecule has 0 heterocycles. The van der Waals surface area contributed by atoms with Gasteiger partial charge in [0.25, 0.3) is 0 Å². The minimum Gasteiger partial charge on any atom is -0.304 e. The second-order valence-corrected chi connectivity index (χ2v) is 4.75. The second kappa shape index (κ2) is 5.49. The Morgan fingerprint density at radius 2 is 1.94 bits per heavy atom. The predicted molar refractivity (Wildman–Crippen MR) is 69.9 cm³/mol. The Bertz CT molecular complexity index is 328. The largest absolute Gasteiger partial charge is 0.304 e. The van der Waals surface area contributed by atoms with Crippen LogP contribution in [0.4, 0.5) is 0 Å². The van der Waals surface area contributed by atoms with E-state index in [-0.39, 0.29) is 0 Å². The quantitative estimate of drug-likeness (QED) is 0.730. The third-order valence-corrected chi connectivity index (χ3v) is 3.95. The topological polar surface area (TPSA) is 3.24 Å². The number of nitrogens with zero attached hydrogens (tertiary/aromatic N) is 1. The Morgan fingerprint density at radius 1 is 1.19 bits per heavy atom. The van der Waals surface area contributed by atoms with Crippen LogP contribution in [0.3, 0.4) is 0 Å². The molecule has 0 radical (unpaired) electrons. The minimum absolute atomic E-state index is 0.816. The number of hydrogen-bond acceptors (Lipinski definition) is 1. The van der Waals surface area contributed by atoms with E-state index in [1.165, 1.54) is 38.9 Å². The molecule has 1 atom stereocenters. The van der Waals surface area contributed by atoms with Crippen molar-refractivity contribution in [2.24, 2.45) is 0 Å². The second-order valence-electron chi connectivity index (χ2n) is 4.75. The van der Waals surface area contributed by atoms with E-state index < -0.39 is 0 Å². The van der Waals surface area contributed by atoms with Gasteiger partial charge in [-0.15, -0.1) is 0 Å². The lowest BCUT2D eigenvalue weighted by Crippen LogP contribution is -2.25. The fourth-order valence-electron chi connectivity index (χ4n) is 2.82. The summed E-state index contributed by atoms with van der Waals surface area (Å²) in [6.45, 7) is 8.14. The Hall–Kier alpha value is -0.820. The highest BCUT2D eigenvalue weighted by Gasteiger charge is 2.21. The molecular weight excluding hydrogens is 194 g/mol. The van der Waals surface area contributed by atoms with Crippen molar-refractivity contribution in [3.63, 3.8) is 0 Å². The van der Waals surface area contributed by atoms with Gasteiger partial charge in [0.05, 0.1) is 0 Å². The molecule has 0 aliphatic heterocycles. The zero-order valence-corrected chi connectivity index (χ0v) is 10.6. The molecule has 0 saturated carbocycles. The van der Waals surface area contributed by atoms with Gasteiger partial charge in [0.1, 0.15) is 0 Å². The maximum absolute atomic E-state index is 2.53. The van der Waals surface area contributed by atoms with Crippen LogP contribution in [0, 0.1) is 0 Å². The first-order valence-corrected chi connectivity index (χ1v) is 6.65. The summed E-state index contributed by atoms with van der Waals surface area (Å²) >= 11 is 0. The van der Waals surface area contributed by atoms with Crippen molar-refractivity contribution in [1.82, 2.24) is 4.90 Å². The van der Waals surface area contributed by atoms with E-state index in [1.54, 1.807) is 11.1 Å². The Labute approximate surface area is 99.5 Å². The molecule has 1 aromatic carbocycles. The van der Waals surface area contributed by atoms with E-state index in [4.69, 9.17) is 0 Å². The van der Waals surface area contributed by atoms with E-state index in [0.29, 0.717) is 0 Å². The Kier molecular flexibility index (Phi) is 4.00. The van der Waals surface area contributed by atoms with E-state index in [9.17, 15) is 0 Å². The number of hydrogen-bond donors (Lipinski definition) is 0. The van der Waals surface area contributed by atoms with Crippen molar-refractivity contribution in [2.45, 2.75) is 39.0 Å². The monoisotopic (exact) mass is 217 g/mol. The predicted octanol–water partition coefficient (Wildman–Crippen LogP) is 3.45. The van der Waals surface area contributed by atoms with Crippen LogP contribution in [0.5, 0.6) is 0 Å². The van der Waals surface area contributed by atoms with Crippen LogP contribution in [0.15, 0.2) is 24.3 Å². The summed E-state index contributed by atoms with van der Waals surface area (Å²) in [5.74, 6) is 0.816. The molecular formula is C15H23N. The van der Waals surface area contributed by atoms with Gasteiger partial charge >= 0.3 is 0 Å². The molecule has 0 N–H and O–H groups in total. The summed E-state index contributed by atoms with van der Waals surface area (Å²) in [5.41, 5.74) is 3.21. The molecule has 16 heavy (non-hydrogen) atoms. The molecule has 1 aliphatic rings. The number of fused-ring (bicyclic) bond motifs is 1. The van der Waals surface area contributed by atoms with Crippen LogP contribution in [-0.4, -0.2) is 24.5 Å². The Morgan fingerprint density at radius 3 is 2.69 bits per heavy atom. The van der Waals surface area contributed by atoms with Gasteiger partial charge in [-0.3, -0.25) is 0 Å².